The Balaban J connectivity index is 3.32. The van der Waals surface area contributed by atoms with Gasteiger partial charge in [0.25, 0.3) is 0 Å². The molecule has 4 nitrogen and oxygen atoms in total. The zero-order chi connectivity index (χ0) is 45.6. The fraction of sp³-hybridized carbons (Fsp3) is 0.983. The van der Waals surface area contributed by atoms with Gasteiger partial charge in [0.2, 0.25) is 5.91 Å². The highest BCUT2D eigenvalue weighted by Gasteiger charge is 2.20. The summed E-state index contributed by atoms with van der Waals surface area (Å²) in [6, 6.07) is -0.530. The van der Waals surface area contributed by atoms with Crippen molar-refractivity contribution in [2.45, 2.75) is 366 Å². The Bertz CT molecular complexity index is 834. The second-order valence-corrected chi connectivity index (χ2v) is 20.8. The molecule has 0 aromatic carbocycles. The second kappa shape index (κ2) is 55.7. The van der Waals surface area contributed by atoms with Crippen molar-refractivity contribution in [3.8, 4) is 0 Å². The zero-order valence-corrected chi connectivity index (χ0v) is 43.6. The Labute approximate surface area is 397 Å². The Morgan fingerprint density at radius 3 is 0.714 bits per heavy atom. The lowest BCUT2D eigenvalue weighted by molar-refractivity contribution is -0.123. The summed E-state index contributed by atoms with van der Waals surface area (Å²) in [5, 5.41) is 23.3. The molecule has 0 aliphatic rings. The first-order valence-electron chi connectivity index (χ1n) is 29.7. The van der Waals surface area contributed by atoms with Crippen molar-refractivity contribution in [3.05, 3.63) is 0 Å². The predicted octanol–water partition coefficient (Wildman–Crippen LogP) is 19.5. The van der Waals surface area contributed by atoms with Gasteiger partial charge in [0, 0.05) is 6.42 Å². The summed E-state index contributed by atoms with van der Waals surface area (Å²) in [7, 11) is 0. The number of rotatable bonds is 56. The van der Waals surface area contributed by atoms with Crippen molar-refractivity contribution in [1.29, 1.82) is 0 Å². The third-order valence-corrected chi connectivity index (χ3v) is 14.4. The van der Waals surface area contributed by atoms with Gasteiger partial charge >= 0.3 is 0 Å². The summed E-state index contributed by atoms with van der Waals surface area (Å²) in [6.07, 6.45) is 71.2. The molecule has 1 amide bonds. The number of nitrogens with one attached hydrogen (secondary N) is 1. The Kier molecular flexibility index (Phi) is 55.2. The number of unbranched alkanes of at least 4 members (excludes halogenated alkanes) is 49. The van der Waals surface area contributed by atoms with Gasteiger partial charge in [0.15, 0.2) is 0 Å². The molecule has 2 unspecified atom stereocenters. The summed E-state index contributed by atoms with van der Waals surface area (Å²) in [5.41, 5.74) is 0. The number of hydrogen-bond donors (Lipinski definition) is 3. The van der Waals surface area contributed by atoms with Crippen molar-refractivity contribution in [1.82, 2.24) is 5.32 Å². The number of aliphatic hydroxyl groups is 2. The van der Waals surface area contributed by atoms with Crippen molar-refractivity contribution in [3.63, 3.8) is 0 Å². The minimum atomic E-state index is -0.654. The van der Waals surface area contributed by atoms with Crippen molar-refractivity contribution in [2.75, 3.05) is 6.61 Å². The van der Waals surface area contributed by atoms with Gasteiger partial charge in [-0.05, 0) is 12.8 Å². The minimum absolute atomic E-state index is 0.0228. The van der Waals surface area contributed by atoms with Crippen LogP contribution in [0, 0.1) is 0 Å². The molecule has 378 valence electrons. The van der Waals surface area contributed by atoms with Gasteiger partial charge in [0.05, 0.1) is 18.8 Å². The lowest BCUT2D eigenvalue weighted by Gasteiger charge is -2.22. The molecule has 0 bridgehead atoms. The molecule has 63 heavy (non-hydrogen) atoms. The first kappa shape index (κ1) is 62.4. The Morgan fingerprint density at radius 2 is 0.508 bits per heavy atom. The molecule has 4 heteroatoms. The molecule has 0 aliphatic carbocycles. The van der Waals surface area contributed by atoms with Gasteiger partial charge in [-0.15, -0.1) is 0 Å². The summed E-state index contributed by atoms with van der Waals surface area (Å²) >= 11 is 0. The van der Waals surface area contributed by atoms with E-state index in [0.29, 0.717) is 12.8 Å². The van der Waals surface area contributed by atoms with Gasteiger partial charge in [-0.2, -0.15) is 0 Å². The maximum atomic E-state index is 12.5. The molecule has 0 spiro atoms. The van der Waals surface area contributed by atoms with Gasteiger partial charge in [-0.25, -0.2) is 0 Å². The summed E-state index contributed by atoms with van der Waals surface area (Å²) in [4.78, 5) is 12.5. The van der Waals surface area contributed by atoms with E-state index < -0.39 is 12.1 Å². The molecule has 0 saturated carbocycles. The molecular weight excluding hydrogens is 771 g/mol. The average molecular weight is 891 g/mol. The topological polar surface area (TPSA) is 69.6 Å². The molecule has 0 aliphatic heterocycles. The maximum Gasteiger partial charge on any atom is 0.220 e. The molecule has 3 N–H and O–H groups in total. The first-order chi connectivity index (χ1) is 31.2. The van der Waals surface area contributed by atoms with E-state index in [4.69, 9.17) is 0 Å². The van der Waals surface area contributed by atoms with Crippen LogP contribution in [0.4, 0.5) is 0 Å². The van der Waals surface area contributed by atoms with Crippen molar-refractivity contribution in [2.24, 2.45) is 0 Å². The number of carbonyl (C=O) groups excluding carboxylic acids is 1. The van der Waals surface area contributed by atoms with Crippen LogP contribution in [0.25, 0.3) is 0 Å². The second-order valence-electron chi connectivity index (χ2n) is 20.8. The van der Waals surface area contributed by atoms with E-state index in [1.165, 1.54) is 302 Å². The molecule has 0 aromatic heterocycles. The van der Waals surface area contributed by atoms with E-state index >= 15 is 0 Å². The standard InChI is InChI=1S/C59H119NO3/c1-3-5-7-9-11-13-15-17-19-20-21-22-23-24-25-26-27-28-29-30-31-32-33-34-35-36-37-38-39-40-41-43-45-47-49-51-53-55-59(63)60-57(56-61)58(62)54-52-50-48-46-44-42-18-16-14-12-10-8-6-4-2/h57-58,61-62H,3-56H2,1-2H3,(H,60,63). The normalized spacial score (nSPS) is 12.6. The van der Waals surface area contributed by atoms with E-state index in [0.717, 1.165) is 25.7 Å². The molecule has 2 atom stereocenters. The third-order valence-electron chi connectivity index (χ3n) is 14.4. The highest BCUT2D eigenvalue weighted by atomic mass is 16.3. The van der Waals surface area contributed by atoms with Crippen LogP contribution in [-0.4, -0.2) is 34.9 Å². The lowest BCUT2D eigenvalue weighted by Crippen LogP contribution is -2.45. The highest BCUT2D eigenvalue weighted by Crippen LogP contribution is 2.19. The van der Waals surface area contributed by atoms with Gasteiger partial charge in [0.1, 0.15) is 0 Å². The lowest BCUT2D eigenvalue weighted by atomic mass is 10.0. The van der Waals surface area contributed by atoms with E-state index in [1.807, 2.05) is 0 Å². The van der Waals surface area contributed by atoms with E-state index in [9.17, 15) is 15.0 Å². The van der Waals surface area contributed by atoms with E-state index in [1.54, 1.807) is 0 Å². The van der Waals surface area contributed by atoms with Crippen LogP contribution in [0.2, 0.25) is 0 Å². The highest BCUT2D eigenvalue weighted by molar-refractivity contribution is 5.76. The molecule has 0 fully saturated rings. The Hall–Kier alpha value is -0.610. The third kappa shape index (κ3) is 52.2. The molecule has 0 heterocycles. The molecule has 0 saturated heterocycles. The van der Waals surface area contributed by atoms with Crippen molar-refractivity contribution >= 4 is 5.91 Å². The number of amides is 1. The summed E-state index contributed by atoms with van der Waals surface area (Å²) < 4.78 is 0. The van der Waals surface area contributed by atoms with Crippen LogP contribution >= 0.6 is 0 Å². The van der Waals surface area contributed by atoms with Gasteiger partial charge in [-0.1, -0.05) is 335 Å². The molecular formula is C59H119NO3. The van der Waals surface area contributed by atoms with Crippen LogP contribution in [-0.2, 0) is 4.79 Å². The number of carbonyl (C=O) groups is 1. The van der Waals surface area contributed by atoms with Crippen LogP contribution in [0.5, 0.6) is 0 Å². The van der Waals surface area contributed by atoms with Crippen LogP contribution in [0.3, 0.4) is 0 Å². The molecule has 0 aromatic rings. The Morgan fingerprint density at radius 1 is 0.317 bits per heavy atom. The fourth-order valence-corrected chi connectivity index (χ4v) is 9.84. The zero-order valence-electron chi connectivity index (χ0n) is 43.6. The quantitative estimate of drug-likeness (QED) is 0.0533. The maximum absolute atomic E-state index is 12.5. The number of hydrogen-bond acceptors (Lipinski definition) is 3. The van der Waals surface area contributed by atoms with E-state index in [-0.39, 0.29) is 12.5 Å². The molecule has 0 radical (unpaired) electrons. The number of aliphatic hydroxyl groups excluding tert-OH is 2. The van der Waals surface area contributed by atoms with Gasteiger partial charge in [-0.3, -0.25) is 4.79 Å². The fourth-order valence-electron chi connectivity index (χ4n) is 9.84. The average Bonchev–Trinajstić information content (AvgIpc) is 3.29. The van der Waals surface area contributed by atoms with Crippen LogP contribution < -0.4 is 5.32 Å². The van der Waals surface area contributed by atoms with Gasteiger partial charge < -0.3 is 15.5 Å². The minimum Gasteiger partial charge on any atom is -0.394 e. The van der Waals surface area contributed by atoms with Crippen molar-refractivity contribution < 1.29 is 15.0 Å². The largest absolute Gasteiger partial charge is 0.394 e. The monoisotopic (exact) mass is 890 g/mol. The smallest absolute Gasteiger partial charge is 0.220 e. The van der Waals surface area contributed by atoms with Crippen LogP contribution in [0.1, 0.15) is 354 Å². The van der Waals surface area contributed by atoms with Crippen LogP contribution in [0.15, 0.2) is 0 Å². The predicted molar refractivity (Wildman–Crippen MR) is 281 cm³/mol. The first-order valence-corrected chi connectivity index (χ1v) is 29.7. The molecule has 0 rings (SSSR count). The summed E-state index contributed by atoms with van der Waals surface area (Å²) in [5.74, 6) is -0.0228. The summed E-state index contributed by atoms with van der Waals surface area (Å²) in [6.45, 7) is 4.40. The van der Waals surface area contributed by atoms with E-state index in [2.05, 4.69) is 19.2 Å². The SMILES string of the molecule is CCCCCCCCCCCCCCCCCCCCCCCCCCCCCCCCCCCCCCCC(=O)NC(CO)C(O)CCCCCCCCCCCCCCCC.